The molecule has 2 amide bonds. The molecule has 1 fully saturated rings. The van der Waals surface area contributed by atoms with E-state index in [1.54, 1.807) is 23.1 Å². The number of anilines is 1. The summed E-state index contributed by atoms with van der Waals surface area (Å²) in [7, 11) is 0. The molecule has 1 heterocycles. The summed E-state index contributed by atoms with van der Waals surface area (Å²) in [5, 5.41) is 9.01. The van der Waals surface area contributed by atoms with Crippen LogP contribution in [0.4, 0.5) is 5.69 Å². The van der Waals surface area contributed by atoms with E-state index >= 15 is 0 Å². The number of benzene rings is 1. The normalized spacial score (nSPS) is 22.3. The van der Waals surface area contributed by atoms with Crippen molar-refractivity contribution < 1.29 is 19.5 Å². The first-order valence-electron chi connectivity index (χ1n) is 10.8. The highest BCUT2D eigenvalue weighted by Gasteiger charge is 2.48. The Bertz CT molecular complexity index is 920. The van der Waals surface area contributed by atoms with Crippen LogP contribution in [-0.4, -0.2) is 40.4 Å². The van der Waals surface area contributed by atoms with Crippen LogP contribution in [0, 0.1) is 5.92 Å². The Kier molecular flexibility index (Phi) is 7.10. The number of fused-ring (bicyclic) bond motifs is 2. The summed E-state index contributed by atoms with van der Waals surface area (Å²) in [6.07, 6.45) is 7.34. The van der Waals surface area contributed by atoms with Crippen LogP contribution < -0.4 is 4.90 Å². The number of carbonyl (C=O) groups excluding carboxylic acids is 2. The van der Waals surface area contributed by atoms with E-state index < -0.39 is 5.97 Å². The van der Waals surface area contributed by atoms with Crippen molar-refractivity contribution in [1.82, 2.24) is 4.90 Å². The largest absolute Gasteiger partial charge is 0.481 e. The topological polar surface area (TPSA) is 77.9 Å². The van der Waals surface area contributed by atoms with Gasteiger partial charge in [-0.2, -0.15) is 0 Å². The lowest BCUT2D eigenvalue weighted by atomic mass is 9.81. The van der Waals surface area contributed by atoms with E-state index in [4.69, 9.17) is 5.11 Å². The molecule has 0 bridgehead atoms. The number of rotatable bonds is 8. The maximum Gasteiger partial charge on any atom is 0.303 e. The molecule has 6 nitrogen and oxygen atoms in total. The molecule has 1 aromatic carbocycles. The first-order chi connectivity index (χ1) is 14.9. The molecule has 0 saturated heterocycles. The lowest BCUT2D eigenvalue weighted by Crippen LogP contribution is -2.52. The number of hydrogen-bond donors (Lipinski definition) is 1. The quantitative estimate of drug-likeness (QED) is 0.502. The third kappa shape index (κ3) is 4.33. The SMILES string of the molecule is C=CC=C(C=C)C(=O)N1c2ccccc2C(N(CC)C(=O)CCC(=O)O)C2CCCC21. The van der Waals surface area contributed by atoms with Crippen molar-refractivity contribution in [1.29, 1.82) is 0 Å². The molecular formula is C25H30N2O4. The third-order valence-corrected chi connectivity index (χ3v) is 6.32. The van der Waals surface area contributed by atoms with Gasteiger partial charge < -0.3 is 14.9 Å². The van der Waals surface area contributed by atoms with Gasteiger partial charge in [0.25, 0.3) is 5.91 Å². The van der Waals surface area contributed by atoms with Gasteiger partial charge in [0.2, 0.25) is 5.91 Å². The van der Waals surface area contributed by atoms with Gasteiger partial charge in [0, 0.05) is 36.2 Å². The van der Waals surface area contributed by atoms with Crippen LogP contribution in [0.2, 0.25) is 0 Å². The van der Waals surface area contributed by atoms with Crippen LogP contribution >= 0.6 is 0 Å². The van der Waals surface area contributed by atoms with Crippen LogP contribution in [0.5, 0.6) is 0 Å². The van der Waals surface area contributed by atoms with E-state index in [1.165, 1.54) is 0 Å². The van der Waals surface area contributed by atoms with Gasteiger partial charge in [0.05, 0.1) is 12.5 Å². The molecule has 164 valence electrons. The first-order valence-corrected chi connectivity index (χ1v) is 10.8. The number of carboxylic acid groups (broad SMARTS) is 1. The van der Waals surface area contributed by atoms with E-state index in [0.717, 1.165) is 30.5 Å². The van der Waals surface area contributed by atoms with Gasteiger partial charge in [-0.25, -0.2) is 0 Å². The standard InChI is InChI=1S/C25H30N2O4/c1-4-10-17(5-2)25(31)27-20-13-8-7-11-18(20)24(19-12-9-14-21(19)27)26(6-3)22(28)15-16-23(29)30/h4-5,7-8,10-11,13,19,21,24H,1-2,6,9,12,14-16H2,3H3,(H,29,30). The average Bonchev–Trinajstić information content (AvgIpc) is 3.24. The zero-order valence-corrected chi connectivity index (χ0v) is 18.0. The average molecular weight is 423 g/mol. The maximum atomic E-state index is 13.5. The number of allylic oxidation sites excluding steroid dienone is 2. The van der Waals surface area contributed by atoms with Crippen LogP contribution in [0.15, 0.2) is 61.2 Å². The summed E-state index contributed by atoms with van der Waals surface area (Å²) in [4.78, 5) is 41.1. The van der Waals surface area contributed by atoms with E-state index in [2.05, 4.69) is 13.2 Å². The van der Waals surface area contributed by atoms with Crippen LogP contribution in [0.1, 0.15) is 50.6 Å². The number of para-hydroxylation sites is 1. The minimum Gasteiger partial charge on any atom is -0.481 e. The molecule has 3 rings (SSSR count). The van der Waals surface area contributed by atoms with E-state index in [1.807, 2.05) is 36.1 Å². The molecule has 3 atom stereocenters. The fraction of sp³-hybridized carbons (Fsp3) is 0.400. The Balaban J connectivity index is 2.07. The summed E-state index contributed by atoms with van der Waals surface area (Å²) in [6.45, 7) is 9.90. The van der Waals surface area contributed by atoms with E-state index in [0.29, 0.717) is 12.1 Å². The van der Waals surface area contributed by atoms with Crippen molar-refractivity contribution in [3.63, 3.8) is 0 Å². The minimum atomic E-state index is -0.977. The summed E-state index contributed by atoms with van der Waals surface area (Å²) >= 11 is 0. The molecule has 0 radical (unpaired) electrons. The maximum absolute atomic E-state index is 13.5. The molecule has 3 unspecified atom stereocenters. The Morgan fingerprint density at radius 2 is 1.94 bits per heavy atom. The van der Waals surface area contributed by atoms with Gasteiger partial charge in [0.1, 0.15) is 0 Å². The van der Waals surface area contributed by atoms with E-state index in [9.17, 15) is 14.4 Å². The minimum absolute atomic E-state index is 0.0233. The number of carboxylic acids is 1. The monoisotopic (exact) mass is 422 g/mol. The second kappa shape index (κ2) is 9.77. The van der Waals surface area contributed by atoms with Gasteiger partial charge in [-0.3, -0.25) is 14.4 Å². The number of aliphatic carboxylic acids is 1. The number of amides is 2. The summed E-state index contributed by atoms with van der Waals surface area (Å²) in [6, 6.07) is 7.54. The second-order valence-corrected chi connectivity index (χ2v) is 7.98. The smallest absolute Gasteiger partial charge is 0.303 e. The lowest BCUT2D eigenvalue weighted by molar-refractivity contribution is -0.142. The molecule has 1 N–H and O–H groups in total. The second-order valence-electron chi connectivity index (χ2n) is 7.98. The van der Waals surface area contributed by atoms with Gasteiger partial charge in [-0.1, -0.05) is 56.0 Å². The number of hydrogen-bond acceptors (Lipinski definition) is 3. The molecule has 0 aromatic heterocycles. The highest BCUT2D eigenvalue weighted by Crippen LogP contribution is 2.50. The summed E-state index contributed by atoms with van der Waals surface area (Å²) in [5.74, 6) is -1.15. The van der Waals surface area contributed by atoms with Gasteiger partial charge in [-0.05, 0) is 31.4 Å². The lowest BCUT2D eigenvalue weighted by Gasteiger charge is -2.47. The summed E-state index contributed by atoms with van der Waals surface area (Å²) in [5.41, 5.74) is 2.23. The van der Waals surface area contributed by atoms with Crippen molar-refractivity contribution in [2.45, 2.75) is 51.1 Å². The van der Waals surface area contributed by atoms with Crippen molar-refractivity contribution in [3.05, 3.63) is 66.8 Å². The Morgan fingerprint density at radius 1 is 1.19 bits per heavy atom. The molecule has 1 saturated carbocycles. The predicted molar refractivity (Wildman–Crippen MR) is 121 cm³/mol. The molecule has 1 aliphatic heterocycles. The molecule has 0 spiro atoms. The van der Waals surface area contributed by atoms with Gasteiger partial charge in [0.15, 0.2) is 0 Å². The van der Waals surface area contributed by atoms with Crippen molar-refractivity contribution in [2.24, 2.45) is 5.92 Å². The molecule has 6 heteroatoms. The Hall–Kier alpha value is -3.15. The molecule has 2 aliphatic rings. The fourth-order valence-corrected chi connectivity index (χ4v) is 5.06. The van der Waals surface area contributed by atoms with Gasteiger partial charge >= 0.3 is 5.97 Å². The highest BCUT2D eigenvalue weighted by atomic mass is 16.4. The molecule has 31 heavy (non-hydrogen) atoms. The fourth-order valence-electron chi connectivity index (χ4n) is 5.06. The number of carbonyl (C=O) groups is 3. The van der Waals surface area contributed by atoms with Crippen molar-refractivity contribution in [3.8, 4) is 0 Å². The van der Waals surface area contributed by atoms with E-state index in [-0.39, 0.29) is 42.7 Å². The molecular weight excluding hydrogens is 392 g/mol. The van der Waals surface area contributed by atoms with Crippen LogP contribution in [0.3, 0.4) is 0 Å². The predicted octanol–water partition coefficient (Wildman–Crippen LogP) is 4.25. The highest BCUT2D eigenvalue weighted by molar-refractivity contribution is 6.09. The van der Waals surface area contributed by atoms with Crippen LogP contribution in [0.25, 0.3) is 0 Å². The molecule has 1 aliphatic carbocycles. The van der Waals surface area contributed by atoms with Gasteiger partial charge in [-0.15, -0.1) is 0 Å². The zero-order valence-electron chi connectivity index (χ0n) is 18.0. The Labute approximate surface area is 183 Å². The number of nitrogens with zero attached hydrogens (tertiary/aromatic N) is 2. The zero-order chi connectivity index (χ0) is 22.5. The van der Waals surface area contributed by atoms with Crippen LogP contribution in [-0.2, 0) is 14.4 Å². The first kappa shape index (κ1) is 22.5. The van der Waals surface area contributed by atoms with Crippen molar-refractivity contribution in [2.75, 3.05) is 11.4 Å². The third-order valence-electron chi connectivity index (χ3n) is 6.32. The Morgan fingerprint density at radius 3 is 2.58 bits per heavy atom. The van der Waals surface area contributed by atoms with Crippen molar-refractivity contribution >= 4 is 23.5 Å². The summed E-state index contributed by atoms with van der Waals surface area (Å²) < 4.78 is 0. The molecule has 1 aromatic rings.